The second kappa shape index (κ2) is 9.76. The third kappa shape index (κ3) is 6.47. The van der Waals surface area contributed by atoms with Gasteiger partial charge < -0.3 is 14.8 Å². The molecule has 2 rings (SSSR count). The lowest BCUT2D eigenvalue weighted by Gasteiger charge is -2.14. The molecular formula is C21H28N2O5S. The number of anilines is 1. The molecule has 1 amide bonds. The van der Waals surface area contributed by atoms with Crippen molar-refractivity contribution in [3.63, 3.8) is 0 Å². The maximum absolute atomic E-state index is 12.5. The summed E-state index contributed by atoms with van der Waals surface area (Å²) in [5.41, 5.74) is 0.884. The average molecular weight is 421 g/mol. The Labute approximate surface area is 172 Å². The van der Waals surface area contributed by atoms with Gasteiger partial charge in [-0.2, -0.15) is 0 Å². The fraction of sp³-hybridized carbons (Fsp3) is 0.381. The van der Waals surface area contributed by atoms with Crippen LogP contribution in [0, 0.1) is 5.92 Å². The Kier molecular flexibility index (Phi) is 7.64. The van der Waals surface area contributed by atoms with Crippen LogP contribution in [-0.2, 0) is 10.0 Å². The molecule has 0 heterocycles. The Balaban J connectivity index is 2.12. The Bertz CT molecular complexity index is 938. The van der Waals surface area contributed by atoms with Crippen molar-refractivity contribution in [1.29, 1.82) is 0 Å². The normalized spacial score (nSPS) is 11.6. The molecule has 158 valence electrons. The second-order valence-corrected chi connectivity index (χ2v) is 9.04. The maximum Gasteiger partial charge on any atom is 0.255 e. The minimum absolute atomic E-state index is 0.137. The third-order valence-corrected chi connectivity index (χ3v) is 5.49. The smallest absolute Gasteiger partial charge is 0.255 e. The van der Waals surface area contributed by atoms with Crippen molar-refractivity contribution < 1.29 is 22.7 Å². The van der Waals surface area contributed by atoms with Crippen LogP contribution in [0.3, 0.4) is 0 Å². The molecule has 0 aliphatic heterocycles. The lowest BCUT2D eigenvalue weighted by molar-refractivity contribution is 0.102. The largest absolute Gasteiger partial charge is 0.493 e. The van der Waals surface area contributed by atoms with Crippen molar-refractivity contribution in [2.24, 2.45) is 5.92 Å². The highest BCUT2D eigenvalue weighted by atomic mass is 32.2. The van der Waals surface area contributed by atoms with Crippen molar-refractivity contribution in [2.45, 2.75) is 38.6 Å². The Morgan fingerprint density at radius 3 is 2.21 bits per heavy atom. The molecule has 0 aliphatic rings. The van der Waals surface area contributed by atoms with E-state index < -0.39 is 10.0 Å². The van der Waals surface area contributed by atoms with E-state index >= 15 is 0 Å². The first-order valence-electron chi connectivity index (χ1n) is 9.37. The highest BCUT2D eigenvalue weighted by Crippen LogP contribution is 2.29. The molecule has 2 N–H and O–H groups in total. The molecule has 2 aromatic rings. The number of ether oxygens (including phenoxy) is 2. The summed E-state index contributed by atoms with van der Waals surface area (Å²) in [4.78, 5) is 12.7. The third-order valence-electron chi connectivity index (χ3n) is 3.81. The SMILES string of the molecule is COc1cc(C(=O)Nc2ccc(S(=O)(=O)NC(C)C)cc2)ccc1OCC(C)C. The van der Waals surface area contributed by atoms with E-state index in [4.69, 9.17) is 9.47 Å². The van der Waals surface area contributed by atoms with Crippen LogP contribution in [0.15, 0.2) is 47.4 Å². The molecule has 0 saturated heterocycles. The van der Waals surface area contributed by atoms with Crippen LogP contribution >= 0.6 is 0 Å². The fourth-order valence-corrected chi connectivity index (χ4v) is 3.73. The Morgan fingerprint density at radius 1 is 1.00 bits per heavy atom. The average Bonchev–Trinajstić information content (AvgIpc) is 2.65. The molecule has 0 fully saturated rings. The summed E-state index contributed by atoms with van der Waals surface area (Å²) in [6.45, 7) is 8.13. The van der Waals surface area contributed by atoms with E-state index in [1.165, 1.54) is 19.2 Å². The van der Waals surface area contributed by atoms with E-state index in [1.807, 2.05) is 13.8 Å². The van der Waals surface area contributed by atoms with Crippen LogP contribution in [0.4, 0.5) is 5.69 Å². The zero-order valence-corrected chi connectivity index (χ0v) is 18.2. The zero-order chi connectivity index (χ0) is 21.6. The highest BCUT2D eigenvalue weighted by Gasteiger charge is 2.16. The van der Waals surface area contributed by atoms with Crippen molar-refractivity contribution in [1.82, 2.24) is 4.72 Å². The molecule has 0 unspecified atom stereocenters. The van der Waals surface area contributed by atoms with Crippen molar-refractivity contribution in [2.75, 3.05) is 19.0 Å². The maximum atomic E-state index is 12.5. The highest BCUT2D eigenvalue weighted by molar-refractivity contribution is 7.89. The molecule has 0 saturated carbocycles. The van der Waals surface area contributed by atoms with Crippen LogP contribution < -0.4 is 19.5 Å². The van der Waals surface area contributed by atoms with Gasteiger partial charge in [-0.3, -0.25) is 4.79 Å². The number of benzene rings is 2. The first-order valence-corrected chi connectivity index (χ1v) is 10.8. The summed E-state index contributed by atoms with van der Waals surface area (Å²) in [5, 5.41) is 2.75. The Morgan fingerprint density at radius 2 is 1.66 bits per heavy atom. The number of methoxy groups -OCH3 is 1. The number of sulfonamides is 1. The predicted molar refractivity (Wildman–Crippen MR) is 113 cm³/mol. The molecular weight excluding hydrogens is 392 g/mol. The van der Waals surface area contributed by atoms with Crippen LogP contribution in [0.1, 0.15) is 38.1 Å². The summed E-state index contributed by atoms with van der Waals surface area (Å²) in [6.07, 6.45) is 0. The molecule has 0 spiro atoms. The van der Waals surface area contributed by atoms with Gasteiger partial charge in [0.2, 0.25) is 10.0 Å². The van der Waals surface area contributed by atoms with Gasteiger partial charge in [-0.25, -0.2) is 13.1 Å². The first-order chi connectivity index (χ1) is 13.6. The number of hydrogen-bond donors (Lipinski definition) is 2. The number of carbonyl (C=O) groups is 1. The minimum atomic E-state index is -3.58. The lowest BCUT2D eigenvalue weighted by Crippen LogP contribution is -2.30. The molecule has 0 aliphatic carbocycles. The molecule has 0 radical (unpaired) electrons. The molecule has 0 bridgehead atoms. The topological polar surface area (TPSA) is 93.7 Å². The number of nitrogens with one attached hydrogen (secondary N) is 2. The molecule has 0 atom stereocenters. The molecule has 0 aromatic heterocycles. The van der Waals surface area contributed by atoms with Gasteiger partial charge in [-0.15, -0.1) is 0 Å². The van der Waals surface area contributed by atoms with E-state index in [9.17, 15) is 13.2 Å². The van der Waals surface area contributed by atoms with Gasteiger partial charge in [0.25, 0.3) is 5.91 Å². The summed E-state index contributed by atoms with van der Waals surface area (Å²) < 4.78 is 37.9. The van der Waals surface area contributed by atoms with Gasteiger partial charge in [-0.05, 0) is 62.2 Å². The van der Waals surface area contributed by atoms with Gasteiger partial charge in [0.15, 0.2) is 11.5 Å². The summed E-state index contributed by atoms with van der Waals surface area (Å²) >= 11 is 0. The van der Waals surface area contributed by atoms with Crippen molar-refractivity contribution in [3.8, 4) is 11.5 Å². The number of amides is 1. The quantitative estimate of drug-likeness (QED) is 0.646. The van der Waals surface area contributed by atoms with Crippen molar-refractivity contribution >= 4 is 21.6 Å². The van der Waals surface area contributed by atoms with Gasteiger partial charge in [0.05, 0.1) is 18.6 Å². The Hall–Kier alpha value is -2.58. The first kappa shape index (κ1) is 22.7. The summed E-state index contributed by atoms with van der Waals surface area (Å²) in [5.74, 6) is 1.07. The number of rotatable bonds is 9. The lowest BCUT2D eigenvalue weighted by atomic mass is 10.1. The van der Waals surface area contributed by atoms with Crippen LogP contribution in [-0.4, -0.2) is 34.1 Å². The van der Waals surface area contributed by atoms with Crippen molar-refractivity contribution in [3.05, 3.63) is 48.0 Å². The van der Waals surface area contributed by atoms with Crippen LogP contribution in [0.5, 0.6) is 11.5 Å². The number of carbonyl (C=O) groups excluding carboxylic acids is 1. The second-order valence-electron chi connectivity index (χ2n) is 7.32. The van der Waals surface area contributed by atoms with Crippen LogP contribution in [0.25, 0.3) is 0 Å². The minimum Gasteiger partial charge on any atom is -0.493 e. The van der Waals surface area contributed by atoms with Gasteiger partial charge in [0, 0.05) is 17.3 Å². The monoisotopic (exact) mass is 420 g/mol. The van der Waals surface area contributed by atoms with E-state index in [0.717, 1.165) is 0 Å². The number of hydrogen-bond acceptors (Lipinski definition) is 5. The van der Waals surface area contributed by atoms with Gasteiger partial charge in [-0.1, -0.05) is 13.8 Å². The molecule has 29 heavy (non-hydrogen) atoms. The summed E-state index contributed by atoms with van der Waals surface area (Å²) in [7, 11) is -2.06. The standard InChI is InChI=1S/C21H28N2O5S/c1-14(2)13-28-19-11-6-16(12-20(19)27-5)21(24)22-17-7-9-18(10-8-17)29(25,26)23-15(3)4/h6-12,14-15,23H,13H2,1-5H3,(H,22,24). The van der Waals surface area contributed by atoms with E-state index in [2.05, 4.69) is 10.0 Å². The van der Waals surface area contributed by atoms with E-state index in [-0.39, 0.29) is 16.8 Å². The predicted octanol–water partition coefficient (Wildman–Crippen LogP) is 3.67. The van der Waals surface area contributed by atoms with Crippen LogP contribution in [0.2, 0.25) is 0 Å². The zero-order valence-electron chi connectivity index (χ0n) is 17.4. The van der Waals surface area contributed by atoms with Gasteiger partial charge in [0.1, 0.15) is 0 Å². The van der Waals surface area contributed by atoms with E-state index in [1.54, 1.807) is 44.2 Å². The van der Waals surface area contributed by atoms with Gasteiger partial charge >= 0.3 is 0 Å². The van der Waals surface area contributed by atoms with E-state index in [0.29, 0.717) is 35.3 Å². The molecule has 7 nitrogen and oxygen atoms in total. The molecule has 8 heteroatoms. The fourth-order valence-electron chi connectivity index (χ4n) is 2.48. The molecule has 2 aromatic carbocycles. The summed E-state index contributed by atoms with van der Waals surface area (Å²) in [6, 6.07) is 10.7.